The van der Waals surface area contributed by atoms with Gasteiger partial charge < -0.3 is 15.2 Å². The van der Waals surface area contributed by atoms with Crippen LogP contribution in [0.1, 0.15) is 18.9 Å². The Balaban J connectivity index is 2.01. The largest absolute Gasteiger partial charge is 0.486 e. The second kappa shape index (κ2) is 6.07. The molecule has 1 unspecified atom stereocenters. The third kappa shape index (κ3) is 3.15. The summed E-state index contributed by atoms with van der Waals surface area (Å²) in [6.45, 7) is 5.10. The van der Waals surface area contributed by atoms with Gasteiger partial charge in [-0.15, -0.1) is 0 Å². The Labute approximate surface area is 109 Å². The van der Waals surface area contributed by atoms with E-state index in [0.717, 1.165) is 31.0 Å². The molecular weight excluding hydrogens is 228 g/mol. The molecule has 0 saturated heterocycles. The topological polar surface area (TPSA) is 47.7 Å². The fourth-order valence-electron chi connectivity index (χ4n) is 2.09. The van der Waals surface area contributed by atoms with Crippen molar-refractivity contribution < 1.29 is 9.47 Å². The third-order valence-corrected chi connectivity index (χ3v) is 3.38. The average molecular weight is 250 g/mol. The molecule has 2 N–H and O–H groups in total. The monoisotopic (exact) mass is 250 g/mol. The van der Waals surface area contributed by atoms with Gasteiger partial charge in [-0.05, 0) is 44.6 Å². The van der Waals surface area contributed by atoms with Crippen LogP contribution in [0.15, 0.2) is 18.2 Å². The Morgan fingerprint density at radius 1 is 1.28 bits per heavy atom. The first-order chi connectivity index (χ1) is 8.70. The highest BCUT2D eigenvalue weighted by atomic mass is 16.6. The van der Waals surface area contributed by atoms with Crippen LogP contribution >= 0.6 is 0 Å². The van der Waals surface area contributed by atoms with E-state index in [1.54, 1.807) is 0 Å². The molecule has 100 valence electrons. The van der Waals surface area contributed by atoms with Crippen molar-refractivity contribution in [2.24, 2.45) is 5.73 Å². The van der Waals surface area contributed by atoms with E-state index >= 15 is 0 Å². The van der Waals surface area contributed by atoms with Gasteiger partial charge in [0.05, 0.1) is 0 Å². The van der Waals surface area contributed by atoms with Crippen LogP contribution < -0.4 is 15.2 Å². The predicted octanol–water partition coefficient (Wildman–Crippen LogP) is 1.63. The highest BCUT2D eigenvalue weighted by Crippen LogP contribution is 2.31. The van der Waals surface area contributed by atoms with Crippen LogP contribution in [0, 0.1) is 0 Å². The first kappa shape index (κ1) is 13.2. The Morgan fingerprint density at radius 3 is 2.72 bits per heavy atom. The summed E-state index contributed by atoms with van der Waals surface area (Å²) in [7, 11) is 2.12. The van der Waals surface area contributed by atoms with Gasteiger partial charge in [0.1, 0.15) is 13.2 Å². The lowest BCUT2D eigenvalue weighted by atomic mass is 10.1. The van der Waals surface area contributed by atoms with Crippen molar-refractivity contribution in [1.82, 2.24) is 4.90 Å². The zero-order valence-corrected chi connectivity index (χ0v) is 11.2. The normalized spacial score (nSPS) is 15.8. The van der Waals surface area contributed by atoms with E-state index < -0.39 is 0 Å². The molecule has 0 amide bonds. The van der Waals surface area contributed by atoms with Crippen molar-refractivity contribution in [2.75, 3.05) is 26.8 Å². The molecule has 4 nitrogen and oxygen atoms in total. The van der Waals surface area contributed by atoms with Gasteiger partial charge in [0, 0.05) is 12.6 Å². The minimum atomic E-state index is 0.489. The molecule has 0 saturated carbocycles. The minimum absolute atomic E-state index is 0.489. The molecule has 18 heavy (non-hydrogen) atoms. The smallest absolute Gasteiger partial charge is 0.161 e. The summed E-state index contributed by atoms with van der Waals surface area (Å²) in [5.41, 5.74) is 6.83. The van der Waals surface area contributed by atoms with Crippen molar-refractivity contribution in [3.63, 3.8) is 0 Å². The van der Waals surface area contributed by atoms with Crippen LogP contribution in [0.2, 0.25) is 0 Å². The Bertz CT molecular complexity index is 395. The first-order valence-corrected chi connectivity index (χ1v) is 6.49. The quantitative estimate of drug-likeness (QED) is 0.863. The summed E-state index contributed by atoms with van der Waals surface area (Å²) in [4.78, 5) is 2.30. The van der Waals surface area contributed by atoms with Gasteiger partial charge in [-0.1, -0.05) is 6.07 Å². The number of ether oxygens (including phenoxy) is 2. The third-order valence-electron chi connectivity index (χ3n) is 3.38. The van der Waals surface area contributed by atoms with E-state index in [1.807, 2.05) is 6.07 Å². The molecule has 0 aromatic heterocycles. The number of benzene rings is 1. The molecule has 0 aliphatic carbocycles. The first-order valence-electron chi connectivity index (χ1n) is 6.49. The van der Waals surface area contributed by atoms with Crippen LogP contribution in [0.25, 0.3) is 0 Å². The molecule has 1 aromatic rings. The maximum Gasteiger partial charge on any atom is 0.161 e. The van der Waals surface area contributed by atoms with Gasteiger partial charge in [-0.25, -0.2) is 0 Å². The Morgan fingerprint density at radius 2 is 2.00 bits per heavy atom. The summed E-state index contributed by atoms with van der Waals surface area (Å²) in [6, 6.07) is 6.65. The molecule has 0 fully saturated rings. The molecule has 1 aliphatic rings. The van der Waals surface area contributed by atoms with E-state index in [1.165, 1.54) is 5.56 Å². The van der Waals surface area contributed by atoms with Gasteiger partial charge in [-0.2, -0.15) is 0 Å². The summed E-state index contributed by atoms with van der Waals surface area (Å²) in [5, 5.41) is 0. The van der Waals surface area contributed by atoms with Crippen molar-refractivity contribution in [3.05, 3.63) is 23.8 Å². The predicted molar refractivity (Wildman–Crippen MR) is 72.0 cm³/mol. The van der Waals surface area contributed by atoms with E-state index in [-0.39, 0.29) is 0 Å². The Kier molecular flexibility index (Phi) is 4.44. The maximum atomic E-state index is 5.59. The summed E-state index contributed by atoms with van der Waals surface area (Å²) in [5.74, 6) is 1.71. The molecule has 0 spiro atoms. The molecule has 0 bridgehead atoms. The van der Waals surface area contributed by atoms with E-state index in [4.69, 9.17) is 15.2 Å². The molecule has 0 radical (unpaired) electrons. The lowest BCUT2D eigenvalue weighted by Crippen LogP contribution is -2.30. The number of rotatable bonds is 5. The van der Waals surface area contributed by atoms with Crippen molar-refractivity contribution in [3.8, 4) is 11.5 Å². The summed E-state index contributed by atoms with van der Waals surface area (Å²) < 4.78 is 11.1. The van der Waals surface area contributed by atoms with Crippen LogP contribution in [0.5, 0.6) is 11.5 Å². The van der Waals surface area contributed by atoms with Crippen molar-refractivity contribution >= 4 is 0 Å². The van der Waals surface area contributed by atoms with Gasteiger partial charge in [0.2, 0.25) is 0 Å². The van der Waals surface area contributed by atoms with Crippen LogP contribution in [-0.2, 0) is 6.54 Å². The van der Waals surface area contributed by atoms with Crippen LogP contribution in [-0.4, -0.2) is 37.7 Å². The van der Waals surface area contributed by atoms with Crippen LogP contribution in [0.3, 0.4) is 0 Å². The maximum absolute atomic E-state index is 5.59. The van der Waals surface area contributed by atoms with Gasteiger partial charge in [0.15, 0.2) is 11.5 Å². The Hall–Kier alpha value is -1.26. The number of nitrogens with zero attached hydrogens (tertiary/aromatic N) is 1. The summed E-state index contributed by atoms with van der Waals surface area (Å²) >= 11 is 0. The zero-order valence-electron chi connectivity index (χ0n) is 11.2. The summed E-state index contributed by atoms with van der Waals surface area (Å²) in [6.07, 6.45) is 1.01. The molecule has 4 heteroatoms. The molecule has 2 rings (SSSR count). The van der Waals surface area contributed by atoms with Crippen molar-refractivity contribution in [2.45, 2.75) is 25.9 Å². The number of hydrogen-bond donors (Lipinski definition) is 1. The van der Waals surface area contributed by atoms with Crippen molar-refractivity contribution in [1.29, 1.82) is 0 Å². The zero-order chi connectivity index (χ0) is 13.0. The standard InChI is InChI=1S/C14H22N2O2/c1-11(5-6-15)16(2)10-12-3-4-13-14(9-12)18-8-7-17-13/h3-4,9,11H,5-8,10,15H2,1-2H3. The van der Waals surface area contributed by atoms with E-state index in [2.05, 4.69) is 31.0 Å². The van der Waals surface area contributed by atoms with Gasteiger partial charge in [-0.3, -0.25) is 4.90 Å². The highest BCUT2D eigenvalue weighted by molar-refractivity contribution is 5.43. The lowest BCUT2D eigenvalue weighted by molar-refractivity contribution is 0.171. The fourth-order valence-corrected chi connectivity index (χ4v) is 2.09. The molecule has 1 aliphatic heterocycles. The van der Waals surface area contributed by atoms with Crippen LogP contribution in [0.4, 0.5) is 0 Å². The lowest BCUT2D eigenvalue weighted by Gasteiger charge is -2.25. The number of hydrogen-bond acceptors (Lipinski definition) is 4. The number of fused-ring (bicyclic) bond motifs is 1. The fraction of sp³-hybridized carbons (Fsp3) is 0.571. The van der Waals surface area contributed by atoms with E-state index in [0.29, 0.717) is 19.3 Å². The highest BCUT2D eigenvalue weighted by Gasteiger charge is 2.14. The van der Waals surface area contributed by atoms with E-state index in [9.17, 15) is 0 Å². The molecule has 1 heterocycles. The molecule has 1 aromatic carbocycles. The minimum Gasteiger partial charge on any atom is -0.486 e. The number of nitrogens with two attached hydrogens (primary N) is 1. The van der Waals surface area contributed by atoms with Gasteiger partial charge in [0.25, 0.3) is 0 Å². The second-order valence-corrected chi connectivity index (χ2v) is 4.82. The van der Waals surface area contributed by atoms with Gasteiger partial charge >= 0.3 is 0 Å². The molecule has 1 atom stereocenters. The molecular formula is C14H22N2O2. The SMILES string of the molecule is CC(CCN)N(C)Cc1ccc2c(c1)OCCO2. The average Bonchev–Trinajstić information content (AvgIpc) is 2.39. The second-order valence-electron chi connectivity index (χ2n) is 4.82.